The third-order valence-corrected chi connectivity index (χ3v) is 4.57. The van der Waals surface area contributed by atoms with Crippen molar-refractivity contribution in [1.82, 2.24) is 15.3 Å². The number of nitrogens with one attached hydrogen (secondary N) is 3. The topological polar surface area (TPSA) is 62.0 Å². The summed E-state index contributed by atoms with van der Waals surface area (Å²) in [6.07, 6.45) is 1.72. The highest BCUT2D eigenvalue weighted by Crippen LogP contribution is 2.27. The number of anilines is 1. The van der Waals surface area contributed by atoms with E-state index in [-0.39, 0.29) is 0 Å². The van der Waals surface area contributed by atoms with Crippen LogP contribution in [0.25, 0.3) is 0 Å². The van der Waals surface area contributed by atoms with Crippen LogP contribution in [0.3, 0.4) is 0 Å². The fourth-order valence-electron chi connectivity index (χ4n) is 1.88. The lowest BCUT2D eigenvalue weighted by Gasteiger charge is -2.13. The first-order chi connectivity index (χ1) is 11.1. The van der Waals surface area contributed by atoms with Crippen LogP contribution in [0.5, 0.6) is 5.75 Å². The number of thiocarbonyl (C=S) groups is 1. The van der Waals surface area contributed by atoms with Gasteiger partial charge in [0.15, 0.2) is 5.11 Å². The maximum Gasteiger partial charge on any atom is 0.170 e. The average molecular weight is 371 g/mol. The lowest BCUT2D eigenvalue weighted by atomic mass is 10.3. The molecule has 0 atom stereocenters. The van der Waals surface area contributed by atoms with Crippen molar-refractivity contribution in [2.45, 2.75) is 12.7 Å². The molecule has 23 heavy (non-hydrogen) atoms. The van der Waals surface area contributed by atoms with Crippen LogP contribution < -0.4 is 15.4 Å². The zero-order valence-corrected chi connectivity index (χ0v) is 15.4. The molecule has 0 unspecified atom stereocenters. The van der Waals surface area contributed by atoms with Gasteiger partial charge in [-0.2, -0.15) is 11.8 Å². The quantitative estimate of drug-likeness (QED) is 0.511. The van der Waals surface area contributed by atoms with Gasteiger partial charge >= 0.3 is 0 Å². The van der Waals surface area contributed by atoms with E-state index in [4.69, 9.17) is 28.6 Å². The molecule has 8 heteroatoms. The summed E-state index contributed by atoms with van der Waals surface area (Å²) < 4.78 is 5.27. The Labute approximate surface area is 150 Å². The van der Waals surface area contributed by atoms with Gasteiger partial charge in [0, 0.05) is 28.8 Å². The number of aryl methyl sites for hydroxylation is 1. The molecule has 0 aliphatic carbocycles. The summed E-state index contributed by atoms with van der Waals surface area (Å²) in [5.41, 5.74) is 2.97. The summed E-state index contributed by atoms with van der Waals surface area (Å²) >= 11 is 13.1. The van der Waals surface area contributed by atoms with Crippen LogP contribution in [0.15, 0.2) is 24.5 Å². The predicted octanol–water partition coefficient (Wildman–Crippen LogP) is 3.60. The second-order valence-electron chi connectivity index (χ2n) is 4.75. The number of hydrogen-bond donors (Lipinski definition) is 3. The van der Waals surface area contributed by atoms with E-state index < -0.39 is 0 Å². The molecule has 0 radical (unpaired) electrons. The minimum Gasteiger partial charge on any atom is -0.495 e. The van der Waals surface area contributed by atoms with Crippen LogP contribution in [-0.4, -0.2) is 34.5 Å². The Morgan fingerprint density at radius 2 is 2.30 bits per heavy atom. The molecule has 0 spiro atoms. The van der Waals surface area contributed by atoms with Gasteiger partial charge in [-0.1, -0.05) is 11.6 Å². The second kappa shape index (κ2) is 9.00. The summed E-state index contributed by atoms with van der Waals surface area (Å²) in [7, 11) is 1.61. The van der Waals surface area contributed by atoms with Gasteiger partial charge in [0.1, 0.15) is 5.75 Å². The highest BCUT2D eigenvalue weighted by atomic mass is 35.5. The highest BCUT2D eigenvalue weighted by molar-refractivity contribution is 7.98. The molecule has 1 aromatic carbocycles. The van der Waals surface area contributed by atoms with Gasteiger partial charge in [-0.05, 0) is 37.3 Å². The monoisotopic (exact) mass is 370 g/mol. The number of benzene rings is 1. The molecular formula is C15H19ClN4OS2. The van der Waals surface area contributed by atoms with Crippen molar-refractivity contribution in [2.75, 3.05) is 24.7 Å². The number of methoxy groups -OCH3 is 1. The molecule has 1 aromatic heterocycles. The number of thioether (sulfide) groups is 1. The first-order valence-electron chi connectivity index (χ1n) is 7.05. The number of imidazole rings is 1. The summed E-state index contributed by atoms with van der Waals surface area (Å²) in [4.78, 5) is 7.35. The van der Waals surface area contributed by atoms with E-state index in [1.807, 2.05) is 6.92 Å². The number of rotatable bonds is 7. The molecule has 1 heterocycles. The number of ether oxygens (including phenoxy) is 1. The smallest absolute Gasteiger partial charge is 0.170 e. The molecular weight excluding hydrogens is 352 g/mol. The molecule has 124 valence electrons. The molecule has 5 nitrogen and oxygen atoms in total. The predicted molar refractivity (Wildman–Crippen MR) is 102 cm³/mol. The van der Waals surface area contributed by atoms with E-state index in [1.165, 1.54) is 0 Å². The summed E-state index contributed by atoms with van der Waals surface area (Å²) in [5, 5.41) is 7.44. The Bertz CT molecular complexity index is 663. The van der Waals surface area contributed by atoms with Gasteiger partial charge in [-0.3, -0.25) is 0 Å². The first-order valence-corrected chi connectivity index (χ1v) is 8.99. The van der Waals surface area contributed by atoms with Gasteiger partial charge in [-0.15, -0.1) is 0 Å². The zero-order valence-electron chi connectivity index (χ0n) is 13.0. The third kappa shape index (κ3) is 5.60. The molecule has 0 bridgehead atoms. The van der Waals surface area contributed by atoms with Gasteiger partial charge in [-0.25, -0.2) is 4.98 Å². The van der Waals surface area contributed by atoms with Gasteiger partial charge in [0.05, 0.1) is 24.8 Å². The molecule has 2 aromatic rings. The van der Waals surface area contributed by atoms with Crippen molar-refractivity contribution < 1.29 is 4.74 Å². The van der Waals surface area contributed by atoms with Crippen LogP contribution in [0.4, 0.5) is 5.69 Å². The van der Waals surface area contributed by atoms with Crippen LogP contribution in [-0.2, 0) is 5.75 Å². The van der Waals surface area contributed by atoms with Gasteiger partial charge in [0.2, 0.25) is 0 Å². The van der Waals surface area contributed by atoms with Crippen molar-refractivity contribution >= 4 is 46.4 Å². The van der Waals surface area contributed by atoms with Crippen molar-refractivity contribution in [1.29, 1.82) is 0 Å². The van der Waals surface area contributed by atoms with Crippen LogP contribution in [0, 0.1) is 6.92 Å². The van der Waals surface area contributed by atoms with E-state index in [1.54, 1.807) is 43.4 Å². The van der Waals surface area contributed by atoms with Crippen LogP contribution in [0.2, 0.25) is 5.02 Å². The standard InChI is InChI=1S/C15H19ClN4OS2/c1-10-13(19-9-18-10)8-23-6-5-17-15(22)20-12-7-11(16)3-4-14(12)21-2/h3-4,7,9H,5-6,8H2,1-2H3,(H,18,19)(H2,17,20,22). The molecule has 0 saturated heterocycles. The van der Waals surface area contributed by atoms with Crippen molar-refractivity contribution in [2.24, 2.45) is 0 Å². The maximum atomic E-state index is 5.99. The maximum absolute atomic E-state index is 5.99. The van der Waals surface area contributed by atoms with E-state index in [0.29, 0.717) is 15.9 Å². The van der Waals surface area contributed by atoms with Gasteiger partial charge in [0.25, 0.3) is 0 Å². The van der Waals surface area contributed by atoms with Crippen molar-refractivity contribution in [3.8, 4) is 5.75 Å². The Morgan fingerprint density at radius 1 is 1.48 bits per heavy atom. The number of H-pyrrole nitrogens is 1. The van der Waals surface area contributed by atoms with Crippen LogP contribution in [0.1, 0.15) is 11.4 Å². The van der Waals surface area contributed by atoms with Gasteiger partial charge < -0.3 is 20.4 Å². The largest absolute Gasteiger partial charge is 0.495 e. The summed E-state index contributed by atoms with van der Waals surface area (Å²) in [6.45, 7) is 2.79. The second-order valence-corrected chi connectivity index (χ2v) is 6.70. The number of aromatic nitrogens is 2. The van der Waals surface area contributed by atoms with E-state index in [9.17, 15) is 0 Å². The van der Waals surface area contributed by atoms with E-state index in [2.05, 4.69) is 20.6 Å². The van der Waals surface area contributed by atoms with Crippen molar-refractivity contribution in [3.05, 3.63) is 40.9 Å². The fraction of sp³-hybridized carbons (Fsp3) is 0.333. The molecule has 2 rings (SSSR count). The average Bonchev–Trinajstić information content (AvgIpc) is 2.92. The molecule has 0 aliphatic rings. The van der Waals surface area contributed by atoms with Crippen LogP contribution >= 0.6 is 35.6 Å². The lowest BCUT2D eigenvalue weighted by molar-refractivity contribution is 0.417. The summed E-state index contributed by atoms with van der Waals surface area (Å²) in [5.74, 6) is 2.52. The van der Waals surface area contributed by atoms with Crippen molar-refractivity contribution in [3.63, 3.8) is 0 Å². The minimum atomic E-state index is 0.544. The Hall–Kier alpha value is -1.44. The zero-order chi connectivity index (χ0) is 16.7. The number of nitrogens with zero attached hydrogens (tertiary/aromatic N) is 1. The molecule has 0 aliphatic heterocycles. The fourth-order valence-corrected chi connectivity index (χ4v) is 3.14. The minimum absolute atomic E-state index is 0.544. The Kier molecular flexibility index (Phi) is 7.01. The number of halogens is 1. The molecule has 0 saturated carbocycles. The van der Waals surface area contributed by atoms with E-state index >= 15 is 0 Å². The normalized spacial score (nSPS) is 10.4. The van der Waals surface area contributed by atoms with E-state index in [0.717, 1.165) is 35.1 Å². The Morgan fingerprint density at radius 3 is 3.00 bits per heavy atom. The lowest BCUT2D eigenvalue weighted by Crippen LogP contribution is -2.30. The molecule has 0 fully saturated rings. The highest BCUT2D eigenvalue weighted by Gasteiger charge is 2.06. The molecule has 0 amide bonds. The first kappa shape index (κ1) is 17.9. The number of aromatic amines is 1. The third-order valence-electron chi connectivity index (χ3n) is 3.11. The Balaban J connectivity index is 1.71. The molecule has 3 N–H and O–H groups in total. The SMILES string of the molecule is COc1ccc(Cl)cc1NC(=S)NCCSCc1nc[nH]c1C. The number of hydrogen-bond acceptors (Lipinski definition) is 4. The summed E-state index contributed by atoms with van der Waals surface area (Å²) in [6, 6.07) is 5.36.